The van der Waals surface area contributed by atoms with E-state index >= 15 is 0 Å². The molecule has 4 heteroatoms. The number of hydrogen-bond acceptors (Lipinski definition) is 3. The second kappa shape index (κ2) is 6.13. The molecule has 0 radical (unpaired) electrons. The zero-order chi connectivity index (χ0) is 12.8. The summed E-state index contributed by atoms with van der Waals surface area (Å²) in [7, 11) is 0. The Morgan fingerprint density at radius 1 is 1.41 bits per heavy atom. The average Bonchev–Trinajstić information content (AvgIpc) is 2.27. The quantitative estimate of drug-likeness (QED) is 0.684. The molecule has 0 heterocycles. The molecule has 0 spiro atoms. The van der Waals surface area contributed by atoms with Gasteiger partial charge in [-0.25, -0.2) is 0 Å². The Labute approximate surface area is 103 Å². The summed E-state index contributed by atoms with van der Waals surface area (Å²) in [5.41, 5.74) is 7.98. The molecule has 0 aliphatic rings. The fourth-order valence-electron chi connectivity index (χ4n) is 1.44. The van der Waals surface area contributed by atoms with E-state index < -0.39 is 0 Å². The van der Waals surface area contributed by atoms with Gasteiger partial charge in [0.25, 0.3) is 5.91 Å². The number of benzene rings is 1. The van der Waals surface area contributed by atoms with Crippen molar-refractivity contribution >= 4 is 17.3 Å². The SMILES string of the molecule is CCNC(=O)c1ccc(NCC(C)C)c(N)c1. The smallest absolute Gasteiger partial charge is 0.251 e. The summed E-state index contributed by atoms with van der Waals surface area (Å²) in [6.45, 7) is 7.63. The van der Waals surface area contributed by atoms with Gasteiger partial charge in [-0.05, 0) is 31.0 Å². The number of carbonyl (C=O) groups is 1. The van der Waals surface area contributed by atoms with Crippen LogP contribution in [-0.2, 0) is 0 Å². The van der Waals surface area contributed by atoms with Crippen molar-refractivity contribution < 1.29 is 4.79 Å². The minimum absolute atomic E-state index is 0.0883. The minimum Gasteiger partial charge on any atom is -0.397 e. The van der Waals surface area contributed by atoms with Crippen molar-refractivity contribution in [2.45, 2.75) is 20.8 Å². The molecule has 1 aromatic carbocycles. The summed E-state index contributed by atoms with van der Waals surface area (Å²) in [6.07, 6.45) is 0. The first-order valence-corrected chi connectivity index (χ1v) is 5.96. The Balaban J connectivity index is 2.75. The van der Waals surface area contributed by atoms with Gasteiger partial charge in [-0.2, -0.15) is 0 Å². The first kappa shape index (κ1) is 13.4. The molecule has 1 aromatic rings. The molecule has 0 aliphatic heterocycles. The largest absolute Gasteiger partial charge is 0.397 e. The number of amides is 1. The number of nitrogen functional groups attached to an aromatic ring is 1. The molecular formula is C13H21N3O. The van der Waals surface area contributed by atoms with Crippen molar-refractivity contribution in [1.29, 1.82) is 0 Å². The molecule has 0 unspecified atom stereocenters. The lowest BCUT2D eigenvalue weighted by molar-refractivity contribution is 0.0956. The first-order chi connectivity index (χ1) is 8.04. The van der Waals surface area contributed by atoms with E-state index in [9.17, 15) is 4.79 Å². The Morgan fingerprint density at radius 3 is 2.65 bits per heavy atom. The normalized spacial score (nSPS) is 10.4. The topological polar surface area (TPSA) is 67.2 Å². The maximum atomic E-state index is 11.6. The third-order valence-corrected chi connectivity index (χ3v) is 2.35. The summed E-state index contributed by atoms with van der Waals surface area (Å²) in [5.74, 6) is 0.465. The van der Waals surface area contributed by atoms with E-state index in [2.05, 4.69) is 24.5 Å². The average molecular weight is 235 g/mol. The van der Waals surface area contributed by atoms with E-state index in [1.807, 2.05) is 13.0 Å². The van der Waals surface area contributed by atoms with Crippen molar-refractivity contribution in [2.24, 2.45) is 5.92 Å². The van der Waals surface area contributed by atoms with Gasteiger partial charge in [-0.1, -0.05) is 13.8 Å². The van der Waals surface area contributed by atoms with Crippen LogP contribution in [0.5, 0.6) is 0 Å². The van der Waals surface area contributed by atoms with Crippen molar-refractivity contribution in [3.8, 4) is 0 Å². The van der Waals surface area contributed by atoms with E-state index in [1.165, 1.54) is 0 Å². The van der Waals surface area contributed by atoms with Gasteiger partial charge < -0.3 is 16.4 Å². The molecule has 0 atom stereocenters. The molecule has 0 aliphatic carbocycles. The lowest BCUT2D eigenvalue weighted by atomic mass is 10.1. The van der Waals surface area contributed by atoms with Crippen LogP contribution >= 0.6 is 0 Å². The Morgan fingerprint density at radius 2 is 2.12 bits per heavy atom. The van der Waals surface area contributed by atoms with Gasteiger partial charge in [0.1, 0.15) is 0 Å². The predicted molar refractivity (Wildman–Crippen MR) is 72.2 cm³/mol. The molecule has 94 valence electrons. The Kier molecular flexibility index (Phi) is 4.82. The molecule has 0 saturated heterocycles. The summed E-state index contributed by atoms with van der Waals surface area (Å²) < 4.78 is 0. The number of nitrogens with two attached hydrogens (primary N) is 1. The highest BCUT2D eigenvalue weighted by molar-refractivity contribution is 5.96. The maximum absolute atomic E-state index is 11.6. The molecular weight excluding hydrogens is 214 g/mol. The van der Waals surface area contributed by atoms with Crippen molar-refractivity contribution in [2.75, 3.05) is 24.1 Å². The number of rotatable bonds is 5. The molecule has 1 amide bonds. The number of nitrogens with one attached hydrogen (secondary N) is 2. The molecule has 17 heavy (non-hydrogen) atoms. The maximum Gasteiger partial charge on any atom is 0.251 e. The fourth-order valence-corrected chi connectivity index (χ4v) is 1.44. The van der Waals surface area contributed by atoms with Crippen molar-refractivity contribution in [3.05, 3.63) is 23.8 Å². The first-order valence-electron chi connectivity index (χ1n) is 5.96. The minimum atomic E-state index is -0.0883. The van der Waals surface area contributed by atoms with Gasteiger partial charge in [0.15, 0.2) is 0 Å². The van der Waals surface area contributed by atoms with Gasteiger partial charge >= 0.3 is 0 Å². The highest BCUT2D eigenvalue weighted by Gasteiger charge is 2.07. The molecule has 0 bridgehead atoms. The van der Waals surface area contributed by atoms with Gasteiger partial charge in [0.05, 0.1) is 11.4 Å². The lowest BCUT2D eigenvalue weighted by Crippen LogP contribution is -2.22. The van der Waals surface area contributed by atoms with Crippen LogP contribution in [-0.4, -0.2) is 19.0 Å². The molecule has 4 nitrogen and oxygen atoms in total. The van der Waals surface area contributed by atoms with Crippen molar-refractivity contribution in [3.63, 3.8) is 0 Å². The van der Waals surface area contributed by atoms with E-state index in [1.54, 1.807) is 12.1 Å². The third-order valence-electron chi connectivity index (χ3n) is 2.35. The van der Waals surface area contributed by atoms with E-state index in [0.717, 1.165) is 12.2 Å². The second-order valence-corrected chi connectivity index (χ2v) is 4.44. The van der Waals surface area contributed by atoms with Crippen LogP contribution in [0.2, 0.25) is 0 Å². The summed E-state index contributed by atoms with van der Waals surface area (Å²) in [5, 5.41) is 6.00. The zero-order valence-corrected chi connectivity index (χ0v) is 10.7. The number of hydrogen-bond donors (Lipinski definition) is 3. The summed E-state index contributed by atoms with van der Waals surface area (Å²) in [6, 6.07) is 5.33. The summed E-state index contributed by atoms with van der Waals surface area (Å²) in [4.78, 5) is 11.6. The van der Waals surface area contributed by atoms with Gasteiger partial charge in [0, 0.05) is 18.7 Å². The molecule has 0 saturated carbocycles. The Hall–Kier alpha value is -1.71. The number of carbonyl (C=O) groups excluding carboxylic acids is 1. The van der Waals surface area contributed by atoms with Crippen LogP contribution in [0.25, 0.3) is 0 Å². The highest BCUT2D eigenvalue weighted by Crippen LogP contribution is 2.20. The number of anilines is 2. The Bertz CT molecular complexity index is 388. The van der Waals surface area contributed by atoms with Gasteiger partial charge in [-0.15, -0.1) is 0 Å². The molecule has 0 aromatic heterocycles. The van der Waals surface area contributed by atoms with Crippen LogP contribution in [0, 0.1) is 5.92 Å². The van der Waals surface area contributed by atoms with Crippen LogP contribution in [0.15, 0.2) is 18.2 Å². The van der Waals surface area contributed by atoms with Crippen LogP contribution < -0.4 is 16.4 Å². The van der Waals surface area contributed by atoms with Gasteiger partial charge in [0.2, 0.25) is 0 Å². The van der Waals surface area contributed by atoms with E-state index in [4.69, 9.17) is 5.73 Å². The standard InChI is InChI=1S/C13H21N3O/c1-4-15-13(17)10-5-6-12(11(14)7-10)16-8-9(2)3/h5-7,9,16H,4,8,14H2,1-3H3,(H,15,17). The van der Waals surface area contributed by atoms with E-state index in [-0.39, 0.29) is 5.91 Å². The zero-order valence-electron chi connectivity index (χ0n) is 10.7. The van der Waals surface area contributed by atoms with Crippen LogP contribution in [0.4, 0.5) is 11.4 Å². The molecule has 0 fully saturated rings. The molecule has 1 rings (SSSR count). The van der Waals surface area contributed by atoms with Gasteiger partial charge in [-0.3, -0.25) is 4.79 Å². The highest BCUT2D eigenvalue weighted by atomic mass is 16.1. The second-order valence-electron chi connectivity index (χ2n) is 4.44. The lowest BCUT2D eigenvalue weighted by Gasteiger charge is -2.12. The van der Waals surface area contributed by atoms with Crippen LogP contribution in [0.3, 0.4) is 0 Å². The van der Waals surface area contributed by atoms with E-state index in [0.29, 0.717) is 23.7 Å². The van der Waals surface area contributed by atoms with Crippen molar-refractivity contribution in [1.82, 2.24) is 5.32 Å². The fraction of sp³-hybridized carbons (Fsp3) is 0.462. The third kappa shape index (κ3) is 3.98. The van der Waals surface area contributed by atoms with Crippen LogP contribution in [0.1, 0.15) is 31.1 Å². The monoisotopic (exact) mass is 235 g/mol. The predicted octanol–water partition coefficient (Wildman–Crippen LogP) is 2.09. The molecule has 4 N–H and O–H groups in total. The summed E-state index contributed by atoms with van der Waals surface area (Å²) >= 11 is 0.